The van der Waals surface area contributed by atoms with Crippen molar-refractivity contribution in [1.82, 2.24) is 0 Å². The zero-order chi connectivity index (χ0) is 15.6. The molecule has 0 atom stereocenters. The minimum absolute atomic E-state index is 0.0644. The molecule has 1 aromatic carbocycles. The van der Waals surface area contributed by atoms with E-state index in [9.17, 15) is 0 Å². The SMILES string of the molecule is CCCCCOCCCCC.OCCOc1ccccc1. The van der Waals surface area contributed by atoms with Crippen molar-refractivity contribution >= 4 is 0 Å². The highest BCUT2D eigenvalue weighted by Crippen LogP contribution is 2.07. The summed E-state index contributed by atoms with van der Waals surface area (Å²) in [6.07, 6.45) is 7.68. The molecular weight excluding hydrogens is 264 g/mol. The highest BCUT2D eigenvalue weighted by molar-refractivity contribution is 5.20. The van der Waals surface area contributed by atoms with Crippen molar-refractivity contribution in [2.45, 2.75) is 52.4 Å². The van der Waals surface area contributed by atoms with Gasteiger partial charge in [-0.15, -0.1) is 0 Å². The second kappa shape index (κ2) is 17.0. The maximum Gasteiger partial charge on any atom is 0.119 e. The van der Waals surface area contributed by atoms with Gasteiger partial charge in [0.05, 0.1) is 6.61 Å². The fourth-order valence-electron chi connectivity index (χ4n) is 1.69. The molecule has 0 saturated heterocycles. The summed E-state index contributed by atoms with van der Waals surface area (Å²) < 4.78 is 10.5. The quantitative estimate of drug-likeness (QED) is 0.613. The smallest absolute Gasteiger partial charge is 0.119 e. The molecule has 1 rings (SSSR count). The predicted octanol–water partition coefficient (Wildman–Crippen LogP) is 4.44. The molecule has 0 aliphatic carbocycles. The number of aliphatic hydroxyl groups is 1. The average Bonchev–Trinajstić information content (AvgIpc) is 2.54. The summed E-state index contributed by atoms with van der Waals surface area (Å²) in [5, 5.41) is 8.40. The van der Waals surface area contributed by atoms with Crippen LogP contribution in [0.5, 0.6) is 5.75 Å². The van der Waals surface area contributed by atoms with E-state index in [1.807, 2.05) is 30.3 Å². The van der Waals surface area contributed by atoms with Crippen molar-refractivity contribution in [3.8, 4) is 5.75 Å². The molecule has 0 aliphatic heterocycles. The fourth-order valence-corrected chi connectivity index (χ4v) is 1.69. The van der Waals surface area contributed by atoms with Gasteiger partial charge in [0.2, 0.25) is 0 Å². The van der Waals surface area contributed by atoms with Gasteiger partial charge in [0, 0.05) is 13.2 Å². The third-order valence-electron chi connectivity index (χ3n) is 2.89. The topological polar surface area (TPSA) is 38.7 Å². The molecule has 122 valence electrons. The van der Waals surface area contributed by atoms with Crippen molar-refractivity contribution in [1.29, 1.82) is 0 Å². The molecule has 1 N–H and O–H groups in total. The molecular formula is C18H32O3. The molecule has 0 unspecified atom stereocenters. The summed E-state index contributed by atoms with van der Waals surface area (Å²) in [4.78, 5) is 0. The molecule has 0 aromatic heterocycles. The molecule has 0 aliphatic rings. The predicted molar refractivity (Wildman–Crippen MR) is 88.9 cm³/mol. The molecule has 21 heavy (non-hydrogen) atoms. The third-order valence-corrected chi connectivity index (χ3v) is 2.89. The number of aliphatic hydroxyl groups excluding tert-OH is 1. The first kappa shape index (κ1) is 19.9. The first-order valence-electron chi connectivity index (χ1n) is 8.21. The fraction of sp³-hybridized carbons (Fsp3) is 0.667. The summed E-state index contributed by atoms with van der Waals surface area (Å²) in [6, 6.07) is 9.43. The molecule has 3 nitrogen and oxygen atoms in total. The zero-order valence-corrected chi connectivity index (χ0v) is 13.7. The number of para-hydroxylation sites is 1. The van der Waals surface area contributed by atoms with Crippen LogP contribution in [0, 0.1) is 0 Å². The Morgan fingerprint density at radius 2 is 1.38 bits per heavy atom. The Morgan fingerprint density at radius 1 is 0.810 bits per heavy atom. The Balaban J connectivity index is 0.000000382. The summed E-state index contributed by atoms with van der Waals surface area (Å²) >= 11 is 0. The summed E-state index contributed by atoms with van der Waals surface area (Å²) in [7, 11) is 0. The van der Waals surface area contributed by atoms with E-state index in [4.69, 9.17) is 14.6 Å². The zero-order valence-electron chi connectivity index (χ0n) is 13.7. The lowest BCUT2D eigenvalue weighted by Gasteiger charge is -2.01. The van der Waals surface area contributed by atoms with E-state index in [0.717, 1.165) is 19.0 Å². The highest BCUT2D eigenvalue weighted by Gasteiger charge is 1.88. The minimum atomic E-state index is 0.0644. The van der Waals surface area contributed by atoms with Crippen molar-refractivity contribution < 1.29 is 14.6 Å². The second-order valence-electron chi connectivity index (χ2n) is 4.91. The van der Waals surface area contributed by atoms with Gasteiger partial charge in [0.1, 0.15) is 12.4 Å². The lowest BCUT2D eigenvalue weighted by molar-refractivity contribution is 0.126. The standard InChI is InChI=1S/C10H22O.C8H10O2/c1-3-5-7-9-11-10-8-6-4-2;9-6-7-10-8-4-2-1-3-5-8/h3-10H2,1-2H3;1-5,9H,6-7H2. The van der Waals surface area contributed by atoms with E-state index in [1.165, 1.54) is 38.5 Å². The summed E-state index contributed by atoms with van der Waals surface area (Å²) in [6.45, 7) is 6.81. The average molecular weight is 296 g/mol. The second-order valence-corrected chi connectivity index (χ2v) is 4.91. The molecule has 0 amide bonds. The van der Waals surface area contributed by atoms with Crippen LogP contribution in [-0.2, 0) is 4.74 Å². The maximum atomic E-state index is 8.40. The van der Waals surface area contributed by atoms with Gasteiger partial charge in [-0.2, -0.15) is 0 Å². The van der Waals surface area contributed by atoms with Crippen LogP contribution in [0.2, 0.25) is 0 Å². The molecule has 0 radical (unpaired) electrons. The Morgan fingerprint density at radius 3 is 1.86 bits per heavy atom. The number of benzene rings is 1. The maximum absolute atomic E-state index is 8.40. The van der Waals surface area contributed by atoms with Crippen LogP contribution in [-0.4, -0.2) is 31.5 Å². The van der Waals surface area contributed by atoms with Crippen LogP contribution in [0.4, 0.5) is 0 Å². The van der Waals surface area contributed by atoms with E-state index in [-0.39, 0.29) is 6.61 Å². The van der Waals surface area contributed by atoms with E-state index in [1.54, 1.807) is 0 Å². The van der Waals surface area contributed by atoms with Gasteiger partial charge in [-0.25, -0.2) is 0 Å². The molecule has 0 bridgehead atoms. The van der Waals surface area contributed by atoms with E-state index < -0.39 is 0 Å². The van der Waals surface area contributed by atoms with Crippen LogP contribution >= 0.6 is 0 Å². The number of hydrogen-bond donors (Lipinski definition) is 1. The number of rotatable bonds is 11. The monoisotopic (exact) mass is 296 g/mol. The molecule has 0 fully saturated rings. The van der Waals surface area contributed by atoms with Crippen molar-refractivity contribution in [3.05, 3.63) is 30.3 Å². The molecule has 0 heterocycles. The lowest BCUT2D eigenvalue weighted by atomic mass is 10.2. The first-order valence-corrected chi connectivity index (χ1v) is 8.21. The Labute approximate surface area is 130 Å². The van der Waals surface area contributed by atoms with Gasteiger partial charge < -0.3 is 14.6 Å². The number of ether oxygens (including phenoxy) is 2. The van der Waals surface area contributed by atoms with Crippen LogP contribution in [0.3, 0.4) is 0 Å². The van der Waals surface area contributed by atoms with E-state index in [0.29, 0.717) is 6.61 Å². The first-order chi connectivity index (χ1) is 10.3. The van der Waals surface area contributed by atoms with Crippen molar-refractivity contribution in [2.24, 2.45) is 0 Å². The van der Waals surface area contributed by atoms with Gasteiger partial charge in [0.15, 0.2) is 0 Å². The molecule has 0 spiro atoms. The van der Waals surface area contributed by atoms with Gasteiger partial charge in [0.25, 0.3) is 0 Å². The van der Waals surface area contributed by atoms with Crippen LogP contribution < -0.4 is 4.74 Å². The minimum Gasteiger partial charge on any atom is -0.491 e. The lowest BCUT2D eigenvalue weighted by Crippen LogP contribution is -2.00. The normalized spacial score (nSPS) is 9.86. The number of unbranched alkanes of at least 4 members (excludes halogenated alkanes) is 4. The summed E-state index contributed by atoms with van der Waals surface area (Å²) in [5.74, 6) is 0.802. The van der Waals surface area contributed by atoms with Crippen LogP contribution in [0.25, 0.3) is 0 Å². The van der Waals surface area contributed by atoms with E-state index in [2.05, 4.69) is 13.8 Å². The highest BCUT2D eigenvalue weighted by atomic mass is 16.5. The van der Waals surface area contributed by atoms with Gasteiger partial charge in [-0.1, -0.05) is 57.7 Å². The van der Waals surface area contributed by atoms with Crippen molar-refractivity contribution in [2.75, 3.05) is 26.4 Å². The van der Waals surface area contributed by atoms with Crippen LogP contribution in [0.1, 0.15) is 52.4 Å². The van der Waals surface area contributed by atoms with Crippen molar-refractivity contribution in [3.63, 3.8) is 0 Å². The summed E-state index contributed by atoms with van der Waals surface area (Å²) in [5.41, 5.74) is 0. The Hall–Kier alpha value is -1.06. The van der Waals surface area contributed by atoms with Gasteiger partial charge in [-0.05, 0) is 25.0 Å². The van der Waals surface area contributed by atoms with Crippen LogP contribution in [0.15, 0.2) is 30.3 Å². The van der Waals surface area contributed by atoms with Gasteiger partial charge >= 0.3 is 0 Å². The third kappa shape index (κ3) is 15.2. The molecule has 0 saturated carbocycles. The Bertz CT molecular complexity index is 280. The molecule has 1 aromatic rings. The number of hydrogen-bond acceptors (Lipinski definition) is 3. The Kier molecular flexibility index (Phi) is 16.1. The molecule has 3 heteroatoms. The van der Waals surface area contributed by atoms with Gasteiger partial charge in [-0.3, -0.25) is 0 Å². The largest absolute Gasteiger partial charge is 0.491 e. The van der Waals surface area contributed by atoms with E-state index >= 15 is 0 Å².